The highest BCUT2D eigenvalue weighted by molar-refractivity contribution is 5.93. The van der Waals surface area contributed by atoms with Gasteiger partial charge in [-0.2, -0.15) is 0 Å². The van der Waals surface area contributed by atoms with Crippen LogP contribution in [0.4, 0.5) is 11.4 Å². The SMILES string of the molecule is O=C(CCn1ccc2ccccc21)Nc1ccc(NC(=O)CN2CCOCC2)cc1. The molecule has 7 heteroatoms. The molecule has 30 heavy (non-hydrogen) atoms. The molecule has 2 amide bonds. The Morgan fingerprint density at radius 1 is 0.867 bits per heavy atom. The van der Waals surface area contributed by atoms with Crippen LogP contribution in [0.25, 0.3) is 10.9 Å². The average molecular weight is 406 g/mol. The number of nitrogens with one attached hydrogen (secondary N) is 2. The molecule has 0 aliphatic carbocycles. The van der Waals surface area contributed by atoms with Gasteiger partial charge in [0.15, 0.2) is 0 Å². The van der Waals surface area contributed by atoms with Crippen LogP contribution in [0.2, 0.25) is 0 Å². The number of morpholine rings is 1. The van der Waals surface area contributed by atoms with Gasteiger partial charge in [0, 0.05) is 49.1 Å². The van der Waals surface area contributed by atoms with Crippen molar-refractivity contribution in [2.45, 2.75) is 13.0 Å². The highest BCUT2D eigenvalue weighted by Gasteiger charge is 2.14. The van der Waals surface area contributed by atoms with E-state index in [4.69, 9.17) is 4.74 Å². The third kappa shape index (κ3) is 5.25. The molecule has 1 saturated heterocycles. The van der Waals surface area contributed by atoms with Gasteiger partial charge in [-0.25, -0.2) is 0 Å². The minimum atomic E-state index is -0.0485. The van der Waals surface area contributed by atoms with Crippen molar-refractivity contribution in [1.29, 1.82) is 0 Å². The minimum Gasteiger partial charge on any atom is -0.379 e. The molecule has 0 atom stereocenters. The second kappa shape index (κ2) is 9.56. The number of hydrogen-bond donors (Lipinski definition) is 2. The van der Waals surface area contributed by atoms with Gasteiger partial charge in [0.2, 0.25) is 11.8 Å². The Morgan fingerprint density at radius 2 is 1.53 bits per heavy atom. The summed E-state index contributed by atoms with van der Waals surface area (Å²) in [4.78, 5) is 26.6. The predicted octanol–water partition coefficient (Wildman–Crippen LogP) is 2.94. The normalized spacial score (nSPS) is 14.5. The smallest absolute Gasteiger partial charge is 0.238 e. The van der Waals surface area contributed by atoms with Crippen LogP contribution in [0.1, 0.15) is 6.42 Å². The van der Waals surface area contributed by atoms with Crippen molar-refractivity contribution in [2.24, 2.45) is 0 Å². The Morgan fingerprint density at radius 3 is 2.27 bits per heavy atom. The van der Waals surface area contributed by atoms with Crippen LogP contribution in [0.5, 0.6) is 0 Å². The largest absolute Gasteiger partial charge is 0.379 e. The zero-order valence-corrected chi connectivity index (χ0v) is 16.8. The number of para-hydroxylation sites is 1. The van der Waals surface area contributed by atoms with Gasteiger partial charge >= 0.3 is 0 Å². The van der Waals surface area contributed by atoms with Crippen LogP contribution in [-0.4, -0.2) is 54.1 Å². The molecule has 0 unspecified atom stereocenters. The summed E-state index contributed by atoms with van der Waals surface area (Å²) in [6, 6.07) is 17.4. The van der Waals surface area contributed by atoms with Gasteiger partial charge in [0.05, 0.1) is 19.8 Å². The summed E-state index contributed by atoms with van der Waals surface area (Å²) in [5.74, 6) is -0.0930. The third-order valence-electron chi connectivity index (χ3n) is 5.18. The predicted molar refractivity (Wildman–Crippen MR) is 118 cm³/mol. The van der Waals surface area contributed by atoms with E-state index in [-0.39, 0.29) is 11.8 Å². The van der Waals surface area contributed by atoms with Gasteiger partial charge in [0.1, 0.15) is 0 Å². The van der Waals surface area contributed by atoms with Gasteiger partial charge in [-0.15, -0.1) is 0 Å². The highest BCUT2D eigenvalue weighted by Crippen LogP contribution is 2.17. The molecular formula is C23H26N4O3. The Balaban J connectivity index is 1.24. The van der Waals surface area contributed by atoms with E-state index in [0.29, 0.717) is 44.1 Å². The Hall–Kier alpha value is -3.16. The first kappa shape index (κ1) is 20.1. The highest BCUT2D eigenvalue weighted by atomic mass is 16.5. The number of nitrogens with zero attached hydrogens (tertiary/aromatic N) is 2. The molecular weight excluding hydrogens is 380 g/mol. The maximum atomic E-state index is 12.3. The molecule has 0 radical (unpaired) electrons. The van der Waals surface area contributed by atoms with Crippen molar-refractivity contribution in [3.05, 3.63) is 60.8 Å². The van der Waals surface area contributed by atoms with Gasteiger partial charge < -0.3 is 19.9 Å². The van der Waals surface area contributed by atoms with E-state index in [1.807, 2.05) is 18.3 Å². The first-order valence-electron chi connectivity index (χ1n) is 10.2. The fourth-order valence-corrected chi connectivity index (χ4v) is 3.58. The molecule has 2 aromatic carbocycles. The monoisotopic (exact) mass is 406 g/mol. The van der Waals surface area contributed by atoms with Crippen LogP contribution < -0.4 is 10.6 Å². The minimum absolute atomic E-state index is 0.0446. The van der Waals surface area contributed by atoms with Crippen molar-refractivity contribution in [3.63, 3.8) is 0 Å². The molecule has 0 bridgehead atoms. The van der Waals surface area contributed by atoms with E-state index in [9.17, 15) is 9.59 Å². The molecule has 0 saturated carbocycles. The Labute approximate surface area is 175 Å². The van der Waals surface area contributed by atoms with Crippen molar-refractivity contribution in [2.75, 3.05) is 43.5 Å². The third-order valence-corrected chi connectivity index (χ3v) is 5.18. The molecule has 2 N–H and O–H groups in total. The van der Waals surface area contributed by atoms with Crippen LogP contribution in [0, 0.1) is 0 Å². The van der Waals surface area contributed by atoms with E-state index in [1.54, 1.807) is 24.3 Å². The van der Waals surface area contributed by atoms with Crippen molar-refractivity contribution >= 4 is 34.1 Å². The molecule has 3 aromatic rings. The number of hydrogen-bond acceptors (Lipinski definition) is 4. The number of fused-ring (bicyclic) bond motifs is 1. The number of benzene rings is 2. The standard InChI is InChI=1S/C23H26N4O3/c28-22(10-12-27-11-9-18-3-1-2-4-21(18)27)24-19-5-7-20(8-6-19)25-23(29)17-26-13-15-30-16-14-26/h1-9,11H,10,12-17H2,(H,24,28)(H,25,29). The first-order valence-corrected chi connectivity index (χ1v) is 10.2. The van der Waals surface area contributed by atoms with E-state index in [0.717, 1.165) is 18.6 Å². The van der Waals surface area contributed by atoms with Gasteiger partial charge in [-0.05, 0) is 41.8 Å². The second-order valence-electron chi connectivity index (χ2n) is 7.38. The Kier molecular flexibility index (Phi) is 6.41. The van der Waals surface area contributed by atoms with E-state index < -0.39 is 0 Å². The number of aryl methyl sites for hydroxylation is 1. The lowest BCUT2D eigenvalue weighted by molar-refractivity contribution is -0.118. The van der Waals surface area contributed by atoms with Crippen molar-refractivity contribution in [1.82, 2.24) is 9.47 Å². The van der Waals surface area contributed by atoms with E-state index >= 15 is 0 Å². The average Bonchev–Trinajstić information content (AvgIpc) is 3.17. The number of anilines is 2. The summed E-state index contributed by atoms with van der Waals surface area (Å²) >= 11 is 0. The molecule has 1 aliphatic rings. The van der Waals surface area contributed by atoms with Crippen LogP contribution in [0.15, 0.2) is 60.8 Å². The summed E-state index contributed by atoms with van der Waals surface area (Å²) in [6.45, 7) is 3.86. The fourth-order valence-electron chi connectivity index (χ4n) is 3.58. The number of aromatic nitrogens is 1. The van der Waals surface area contributed by atoms with Gasteiger partial charge in [-0.1, -0.05) is 18.2 Å². The molecule has 7 nitrogen and oxygen atoms in total. The quantitative estimate of drug-likeness (QED) is 0.633. The lowest BCUT2D eigenvalue weighted by atomic mass is 10.2. The number of rotatable bonds is 7. The van der Waals surface area contributed by atoms with Crippen LogP contribution in [-0.2, 0) is 20.9 Å². The summed E-state index contributed by atoms with van der Waals surface area (Å²) in [7, 11) is 0. The van der Waals surface area contributed by atoms with Crippen LogP contribution >= 0.6 is 0 Å². The number of carbonyl (C=O) groups excluding carboxylic acids is 2. The molecule has 1 fully saturated rings. The molecule has 0 spiro atoms. The van der Waals surface area contributed by atoms with Crippen molar-refractivity contribution < 1.29 is 14.3 Å². The number of carbonyl (C=O) groups is 2. The number of amides is 2. The first-order chi connectivity index (χ1) is 14.7. The van der Waals surface area contributed by atoms with Crippen LogP contribution in [0.3, 0.4) is 0 Å². The topological polar surface area (TPSA) is 75.6 Å². The molecule has 1 aromatic heterocycles. The maximum absolute atomic E-state index is 12.3. The van der Waals surface area contributed by atoms with Crippen molar-refractivity contribution in [3.8, 4) is 0 Å². The second-order valence-corrected chi connectivity index (χ2v) is 7.38. The number of ether oxygens (including phenoxy) is 1. The fraction of sp³-hybridized carbons (Fsp3) is 0.304. The maximum Gasteiger partial charge on any atom is 0.238 e. The van der Waals surface area contributed by atoms with E-state index in [2.05, 4.69) is 38.3 Å². The van der Waals surface area contributed by atoms with E-state index in [1.165, 1.54) is 5.39 Å². The zero-order valence-electron chi connectivity index (χ0n) is 16.8. The summed E-state index contributed by atoms with van der Waals surface area (Å²) in [5, 5.41) is 6.98. The summed E-state index contributed by atoms with van der Waals surface area (Å²) in [5.41, 5.74) is 2.55. The van der Waals surface area contributed by atoms with Gasteiger partial charge in [0.25, 0.3) is 0 Å². The molecule has 2 heterocycles. The molecule has 4 rings (SSSR count). The lowest BCUT2D eigenvalue weighted by Gasteiger charge is -2.25. The summed E-state index contributed by atoms with van der Waals surface area (Å²) < 4.78 is 7.38. The zero-order chi connectivity index (χ0) is 20.8. The Bertz CT molecular complexity index is 1010. The molecule has 1 aliphatic heterocycles. The lowest BCUT2D eigenvalue weighted by Crippen LogP contribution is -2.41. The summed E-state index contributed by atoms with van der Waals surface area (Å²) in [6.07, 6.45) is 2.39. The van der Waals surface area contributed by atoms with Gasteiger partial charge in [-0.3, -0.25) is 14.5 Å². The molecule has 156 valence electrons.